The number of carbonyl (C=O) groups excluding carboxylic acids is 2. The molecule has 19 heavy (non-hydrogen) atoms. The van der Waals surface area contributed by atoms with Gasteiger partial charge in [-0.05, 0) is 31.0 Å². The van der Waals surface area contributed by atoms with Gasteiger partial charge in [0, 0.05) is 18.7 Å². The fraction of sp³-hybridized carbons (Fsp3) is 0.385. The molecule has 1 aromatic rings. The van der Waals surface area contributed by atoms with Gasteiger partial charge in [0.15, 0.2) is 6.61 Å². The summed E-state index contributed by atoms with van der Waals surface area (Å²) >= 11 is 0. The first-order valence-corrected chi connectivity index (χ1v) is 6.16. The van der Waals surface area contributed by atoms with Crippen molar-refractivity contribution in [3.05, 3.63) is 18.2 Å². The molecule has 0 saturated heterocycles. The number of carbonyl (C=O) groups is 2. The van der Waals surface area contributed by atoms with E-state index < -0.39 is 0 Å². The molecule has 3 N–H and O–H groups in total. The van der Waals surface area contributed by atoms with Gasteiger partial charge in [-0.2, -0.15) is 0 Å². The van der Waals surface area contributed by atoms with Crippen molar-refractivity contribution >= 4 is 23.2 Å². The normalized spacial score (nSPS) is 13.2. The maximum atomic E-state index is 11.6. The first-order valence-electron chi connectivity index (χ1n) is 6.16. The number of ether oxygens (including phenoxy) is 1. The molecule has 0 bridgehead atoms. The van der Waals surface area contributed by atoms with Crippen LogP contribution in [-0.4, -0.2) is 30.1 Å². The standard InChI is InChI=1S/C13H16N2O4/c16-6-2-1-3-12(17)14-9-4-5-11-10(7-9)15-13(18)8-19-11/h4-5,7,16H,1-3,6,8H2,(H,14,17)(H,15,18). The quantitative estimate of drug-likeness (QED) is 0.695. The zero-order chi connectivity index (χ0) is 13.7. The third kappa shape index (κ3) is 3.69. The molecular weight excluding hydrogens is 248 g/mol. The zero-order valence-corrected chi connectivity index (χ0v) is 10.4. The summed E-state index contributed by atoms with van der Waals surface area (Å²) < 4.78 is 5.22. The van der Waals surface area contributed by atoms with Gasteiger partial charge in [-0.25, -0.2) is 0 Å². The maximum Gasteiger partial charge on any atom is 0.262 e. The Morgan fingerprint density at radius 3 is 3.05 bits per heavy atom. The number of aliphatic hydroxyl groups excluding tert-OH is 1. The van der Waals surface area contributed by atoms with E-state index in [1.165, 1.54) is 0 Å². The number of nitrogens with one attached hydrogen (secondary N) is 2. The molecule has 2 amide bonds. The van der Waals surface area contributed by atoms with Crippen LogP contribution >= 0.6 is 0 Å². The van der Waals surface area contributed by atoms with Gasteiger partial charge in [0.05, 0.1) is 5.69 Å². The molecule has 102 valence electrons. The highest BCUT2D eigenvalue weighted by atomic mass is 16.5. The average Bonchev–Trinajstić information content (AvgIpc) is 2.38. The zero-order valence-electron chi connectivity index (χ0n) is 10.4. The molecule has 1 aliphatic heterocycles. The molecule has 0 radical (unpaired) electrons. The van der Waals surface area contributed by atoms with Crippen LogP contribution in [0.2, 0.25) is 0 Å². The minimum atomic E-state index is -0.209. The van der Waals surface area contributed by atoms with Gasteiger partial charge in [0.2, 0.25) is 5.91 Å². The molecule has 0 fully saturated rings. The predicted octanol–water partition coefficient (Wildman–Crippen LogP) is 1.12. The number of aliphatic hydroxyl groups is 1. The van der Waals surface area contributed by atoms with E-state index in [0.29, 0.717) is 36.4 Å². The van der Waals surface area contributed by atoms with E-state index >= 15 is 0 Å². The summed E-state index contributed by atoms with van der Waals surface area (Å²) in [5.41, 5.74) is 1.17. The Hall–Kier alpha value is -2.08. The molecular formula is C13H16N2O4. The van der Waals surface area contributed by atoms with Crippen molar-refractivity contribution in [2.45, 2.75) is 19.3 Å². The van der Waals surface area contributed by atoms with Gasteiger partial charge >= 0.3 is 0 Å². The fourth-order valence-electron chi connectivity index (χ4n) is 1.78. The molecule has 0 aromatic heterocycles. The van der Waals surface area contributed by atoms with Crippen LogP contribution < -0.4 is 15.4 Å². The van der Waals surface area contributed by atoms with Crippen LogP contribution in [-0.2, 0) is 9.59 Å². The van der Waals surface area contributed by atoms with Crippen molar-refractivity contribution in [2.24, 2.45) is 0 Å². The van der Waals surface area contributed by atoms with Crippen molar-refractivity contribution in [3.63, 3.8) is 0 Å². The van der Waals surface area contributed by atoms with Crippen molar-refractivity contribution in [3.8, 4) is 5.75 Å². The summed E-state index contributed by atoms with van der Waals surface area (Å²) in [6.07, 6.45) is 1.62. The van der Waals surface area contributed by atoms with Crippen LogP contribution in [0.4, 0.5) is 11.4 Å². The lowest BCUT2D eigenvalue weighted by atomic mass is 10.2. The van der Waals surface area contributed by atoms with Gasteiger partial charge in [-0.15, -0.1) is 0 Å². The molecule has 0 spiro atoms. The van der Waals surface area contributed by atoms with E-state index in [9.17, 15) is 9.59 Å². The van der Waals surface area contributed by atoms with Crippen LogP contribution in [0.25, 0.3) is 0 Å². The summed E-state index contributed by atoms with van der Waals surface area (Å²) in [5, 5.41) is 14.1. The Morgan fingerprint density at radius 1 is 1.42 bits per heavy atom. The van der Waals surface area contributed by atoms with Gasteiger partial charge in [-0.1, -0.05) is 0 Å². The topological polar surface area (TPSA) is 87.7 Å². The largest absolute Gasteiger partial charge is 0.482 e. The lowest BCUT2D eigenvalue weighted by Crippen LogP contribution is -2.25. The molecule has 2 rings (SSSR count). The highest BCUT2D eigenvalue weighted by molar-refractivity contribution is 5.97. The third-order valence-electron chi connectivity index (χ3n) is 2.71. The number of hydrogen-bond donors (Lipinski definition) is 3. The van der Waals surface area contributed by atoms with Crippen molar-refractivity contribution in [2.75, 3.05) is 23.8 Å². The van der Waals surface area contributed by atoms with Crippen molar-refractivity contribution < 1.29 is 19.4 Å². The monoisotopic (exact) mass is 264 g/mol. The Bertz CT molecular complexity index is 488. The van der Waals surface area contributed by atoms with E-state index in [-0.39, 0.29) is 25.0 Å². The Kier molecular flexibility index (Phi) is 4.35. The summed E-state index contributed by atoms with van der Waals surface area (Å²) in [7, 11) is 0. The number of benzene rings is 1. The van der Waals surface area contributed by atoms with Gasteiger partial charge in [0.1, 0.15) is 5.75 Å². The van der Waals surface area contributed by atoms with Gasteiger partial charge in [-0.3, -0.25) is 9.59 Å². The molecule has 6 nitrogen and oxygen atoms in total. The van der Waals surface area contributed by atoms with E-state index in [2.05, 4.69) is 10.6 Å². The molecule has 1 heterocycles. The van der Waals surface area contributed by atoms with Gasteiger partial charge in [0.25, 0.3) is 5.91 Å². The second kappa shape index (κ2) is 6.19. The average molecular weight is 264 g/mol. The molecule has 0 unspecified atom stereocenters. The van der Waals surface area contributed by atoms with Crippen LogP contribution in [0.3, 0.4) is 0 Å². The second-order valence-corrected chi connectivity index (χ2v) is 4.28. The summed E-state index contributed by atoms with van der Waals surface area (Å²) in [6.45, 7) is 0.107. The number of unbranched alkanes of at least 4 members (excludes halogenated alkanes) is 1. The number of fused-ring (bicyclic) bond motifs is 1. The summed E-state index contributed by atoms with van der Waals surface area (Å²) in [4.78, 5) is 22.8. The fourth-order valence-corrected chi connectivity index (χ4v) is 1.78. The van der Waals surface area contributed by atoms with Crippen LogP contribution in [0.1, 0.15) is 19.3 Å². The molecule has 1 aliphatic rings. The van der Waals surface area contributed by atoms with Crippen LogP contribution in [0.5, 0.6) is 5.75 Å². The number of amides is 2. The maximum absolute atomic E-state index is 11.6. The first-order chi connectivity index (χ1) is 9.19. The second-order valence-electron chi connectivity index (χ2n) is 4.28. The van der Waals surface area contributed by atoms with E-state index in [4.69, 9.17) is 9.84 Å². The first kappa shape index (κ1) is 13.4. The summed E-state index contributed by atoms with van der Waals surface area (Å²) in [6, 6.07) is 5.09. The lowest BCUT2D eigenvalue weighted by molar-refractivity contribution is -0.118. The Morgan fingerprint density at radius 2 is 2.26 bits per heavy atom. The lowest BCUT2D eigenvalue weighted by Gasteiger charge is -2.18. The molecule has 6 heteroatoms. The van der Waals surface area contributed by atoms with Crippen molar-refractivity contribution in [1.82, 2.24) is 0 Å². The van der Waals surface area contributed by atoms with Crippen LogP contribution in [0, 0.1) is 0 Å². The minimum absolute atomic E-state index is 0.0138. The number of anilines is 2. The molecule has 0 aliphatic carbocycles. The predicted molar refractivity (Wildman–Crippen MR) is 70.1 cm³/mol. The Balaban J connectivity index is 1.96. The highest BCUT2D eigenvalue weighted by Crippen LogP contribution is 2.30. The molecule has 1 aromatic carbocycles. The van der Waals surface area contributed by atoms with Gasteiger partial charge < -0.3 is 20.5 Å². The SMILES string of the molecule is O=C(CCCCO)Nc1ccc2c(c1)NC(=O)CO2. The third-order valence-corrected chi connectivity index (χ3v) is 2.71. The molecule has 0 saturated carbocycles. The minimum Gasteiger partial charge on any atom is -0.482 e. The number of hydrogen-bond acceptors (Lipinski definition) is 4. The Labute approximate surface area is 110 Å². The van der Waals surface area contributed by atoms with E-state index in [0.717, 1.165) is 0 Å². The van der Waals surface area contributed by atoms with Crippen molar-refractivity contribution in [1.29, 1.82) is 0 Å². The summed E-state index contributed by atoms with van der Waals surface area (Å²) in [5.74, 6) is 0.272. The highest BCUT2D eigenvalue weighted by Gasteiger charge is 2.16. The number of rotatable bonds is 5. The van der Waals surface area contributed by atoms with E-state index in [1.807, 2.05) is 0 Å². The van der Waals surface area contributed by atoms with E-state index in [1.54, 1.807) is 18.2 Å². The van der Waals surface area contributed by atoms with Crippen LogP contribution in [0.15, 0.2) is 18.2 Å². The smallest absolute Gasteiger partial charge is 0.262 e. The molecule has 0 atom stereocenters.